The van der Waals surface area contributed by atoms with E-state index in [1.807, 2.05) is 105 Å². The first-order valence-electron chi connectivity index (χ1n) is 13.9. The molecule has 0 saturated carbocycles. The minimum absolute atomic E-state index is 0.0745. The van der Waals surface area contributed by atoms with E-state index in [1.165, 1.54) is 0 Å². The summed E-state index contributed by atoms with van der Waals surface area (Å²) in [6.45, 7) is 3.96. The molecule has 0 aromatic heterocycles. The molecule has 0 bridgehead atoms. The number of ether oxygens (including phenoxy) is 1. The molecule has 0 spiro atoms. The van der Waals surface area contributed by atoms with E-state index in [-0.39, 0.29) is 18.9 Å². The van der Waals surface area contributed by atoms with Crippen LogP contribution in [0.5, 0.6) is 0 Å². The smallest absolute Gasteiger partial charge is 0.329 e. The Morgan fingerprint density at radius 2 is 1.22 bits per heavy atom. The Bertz CT molecular complexity index is 1240. The summed E-state index contributed by atoms with van der Waals surface area (Å²) >= 11 is 0. The Balaban J connectivity index is 1.71. The number of hydrogen-bond acceptors (Lipinski definition) is 5. The number of nitrogens with one attached hydrogen (secondary N) is 3. The molecule has 8 heteroatoms. The molecule has 0 fully saturated rings. The molecule has 3 aromatic carbocycles. The van der Waals surface area contributed by atoms with E-state index >= 15 is 0 Å². The van der Waals surface area contributed by atoms with Crippen LogP contribution < -0.4 is 16.0 Å². The molecule has 0 aliphatic carbocycles. The largest absolute Gasteiger partial charge is 0.459 e. The van der Waals surface area contributed by atoms with E-state index in [0.717, 1.165) is 16.7 Å². The molecule has 0 aliphatic heterocycles. The quantitative estimate of drug-likeness (QED) is 0.183. The number of rotatable bonds is 16. The van der Waals surface area contributed by atoms with Crippen LogP contribution in [-0.4, -0.2) is 42.3 Å². The van der Waals surface area contributed by atoms with Crippen molar-refractivity contribution in [2.24, 2.45) is 5.92 Å². The Morgan fingerprint density at radius 3 is 1.78 bits per heavy atom. The second-order valence-corrected chi connectivity index (χ2v) is 10.4. The topological polar surface area (TPSA) is 114 Å². The fourth-order valence-corrected chi connectivity index (χ4v) is 4.45. The van der Waals surface area contributed by atoms with Crippen LogP contribution in [0.3, 0.4) is 0 Å². The Morgan fingerprint density at radius 1 is 0.707 bits per heavy atom. The van der Waals surface area contributed by atoms with Crippen molar-refractivity contribution in [1.29, 1.82) is 0 Å². The summed E-state index contributed by atoms with van der Waals surface area (Å²) in [6, 6.07) is 25.6. The number of carbonyl (C=O) groups excluding carboxylic acids is 4. The molecule has 3 amide bonds. The molecule has 8 nitrogen and oxygen atoms in total. The lowest BCUT2D eigenvalue weighted by Gasteiger charge is -2.25. The average Bonchev–Trinajstić information content (AvgIpc) is 2.98. The first kappa shape index (κ1) is 31.1. The van der Waals surface area contributed by atoms with Gasteiger partial charge in [-0.05, 0) is 41.9 Å². The maximum absolute atomic E-state index is 13.5. The molecule has 3 atom stereocenters. The third-order valence-corrected chi connectivity index (χ3v) is 6.60. The lowest BCUT2D eigenvalue weighted by atomic mass is 10.00. The van der Waals surface area contributed by atoms with Gasteiger partial charge in [0.2, 0.25) is 18.2 Å². The van der Waals surface area contributed by atoms with Crippen LogP contribution in [0, 0.1) is 5.92 Å². The number of aryl methyl sites for hydroxylation is 1. The maximum Gasteiger partial charge on any atom is 0.329 e. The van der Waals surface area contributed by atoms with Crippen LogP contribution in [0.25, 0.3) is 0 Å². The lowest BCUT2D eigenvalue weighted by molar-refractivity contribution is -0.149. The minimum Gasteiger partial charge on any atom is -0.459 e. The molecular weight excluding hydrogens is 518 g/mol. The van der Waals surface area contributed by atoms with E-state index in [0.29, 0.717) is 25.7 Å². The van der Waals surface area contributed by atoms with Crippen molar-refractivity contribution in [1.82, 2.24) is 16.0 Å². The number of carbonyl (C=O) groups is 4. The summed E-state index contributed by atoms with van der Waals surface area (Å²) in [5.74, 6) is -1.44. The number of hydrogen-bond donors (Lipinski definition) is 3. The van der Waals surface area contributed by atoms with Gasteiger partial charge in [0.25, 0.3) is 0 Å². The first-order valence-corrected chi connectivity index (χ1v) is 13.9. The summed E-state index contributed by atoms with van der Waals surface area (Å²) < 4.78 is 5.56. The van der Waals surface area contributed by atoms with Crippen molar-refractivity contribution in [2.45, 2.75) is 64.3 Å². The van der Waals surface area contributed by atoms with Gasteiger partial charge in [0.05, 0.1) is 0 Å². The van der Waals surface area contributed by atoms with Gasteiger partial charge in [-0.25, -0.2) is 4.79 Å². The molecule has 41 heavy (non-hydrogen) atoms. The van der Waals surface area contributed by atoms with Crippen molar-refractivity contribution in [3.8, 4) is 0 Å². The molecule has 0 radical (unpaired) electrons. The molecule has 3 N–H and O–H groups in total. The molecular formula is C33H39N3O5. The molecule has 0 saturated heterocycles. The minimum atomic E-state index is -0.956. The summed E-state index contributed by atoms with van der Waals surface area (Å²) in [4.78, 5) is 51.2. The van der Waals surface area contributed by atoms with E-state index < -0.39 is 35.9 Å². The van der Waals surface area contributed by atoms with Crippen molar-refractivity contribution in [3.63, 3.8) is 0 Å². The van der Waals surface area contributed by atoms with Crippen LogP contribution >= 0.6 is 0 Å². The van der Waals surface area contributed by atoms with Gasteiger partial charge in [0.15, 0.2) is 0 Å². The van der Waals surface area contributed by atoms with E-state index in [2.05, 4.69) is 16.0 Å². The summed E-state index contributed by atoms with van der Waals surface area (Å²) in [5, 5.41) is 8.21. The molecule has 0 heterocycles. The third-order valence-electron chi connectivity index (χ3n) is 6.60. The lowest BCUT2D eigenvalue weighted by Crippen LogP contribution is -2.56. The number of amides is 3. The maximum atomic E-state index is 13.5. The second-order valence-electron chi connectivity index (χ2n) is 10.4. The molecule has 0 aliphatic rings. The van der Waals surface area contributed by atoms with E-state index in [4.69, 9.17) is 4.74 Å². The zero-order chi connectivity index (χ0) is 29.5. The standard InChI is InChI=1S/C33H39N3O5/c1-24(2)20-29(35-31(38)28(34-23-37)19-18-25-12-6-3-7-13-25)32(39)36-30(21-26-14-8-4-9-15-26)33(40)41-22-27-16-10-5-11-17-27/h3-17,23-24,28-30H,18-22H2,1-2H3,(H,34,37)(H,35,38)(H,36,39)/t28-,29+,30-/m0/s1. The zero-order valence-electron chi connectivity index (χ0n) is 23.6. The molecule has 216 valence electrons. The summed E-state index contributed by atoms with van der Waals surface area (Å²) in [5.41, 5.74) is 2.72. The van der Waals surface area contributed by atoms with Crippen LogP contribution in [0.1, 0.15) is 43.4 Å². The monoisotopic (exact) mass is 557 g/mol. The number of benzene rings is 3. The normalized spacial score (nSPS) is 13.0. The van der Waals surface area contributed by atoms with Crippen LogP contribution in [-0.2, 0) is 43.4 Å². The van der Waals surface area contributed by atoms with Crippen LogP contribution in [0.2, 0.25) is 0 Å². The van der Waals surface area contributed by atoms with E-state index in [9.17, 15) is 19.2 Å². The predicted molar refractivity (Wildman–Crippen MR) is 157 cm³/mol. The van der Waals surface area contributed by atoms with E-state index in [1.54, 1.807) is 0 Å². The van der Waals surface area contributed by atoms with Gasteiger partial charge >= 0.3 is 5.97 Å². The molecule has 3 rings (SSSR count). The average molecular weight is 558 g/mol. The van der Waals surface area contributed by atoms with Gasteiger partial charge in [0.1, 0.15) is 24.7 Å². The summed E-state index contributed by atoms with van der Waals surface area (Å²) in [7, 11) is 0. The zero-order valence-corrected chi connectivity index (χ0v) is 23.6. The third kappa shape index (κ3) is 10.9. The second kappa shape index (κ2) is 16.6. The van der Waals surface area contributed by atoms with Crippen molar-refractivity contribution < 1.29 is 23.9 Å². The Labute approximate surface area is 241 Å². The predicted octanol–water partition coefficient (Wildman–Crippen LogP) is 3.74. The fourth-order valence-electron chi connectivity index (χ4n) is 4.45. The van der Waals surface area contributed by atoms with Gasteiger partial charge in [-0.1, -0.05) is 105 Å². The Hall–Kier alpha value is -4.46. The van der Waals surface area contributed by atoms with Gasteiger partial charge in [-0.15, -0.1) is 0 Å². The highest BCUT2D eigenvalue weighted by atomic mass is 16.5. The highest BCUT2D eigenvalue weighted by Gasteiger charge is 2.30. The van der Waals surface area contributed by atoms with Crippen molar-refractivity contribution in [2.75, 3.05) is 0 Å². The van der Waals surface area contributed by atoms with Crippen LogP contribution in [0.4, 0.5) is 0 Å². The van der Waals surface area contributed by atoms with Crippen molar-refractivity contribution in [3.05, 3.63) is 108 Å². The summed E-state index contributed by atoms with van der Waals surface area (Å²) in [6.07, 6.45) is 2.02. The van der Waals surface area contributed by atoms with Gasteiger partial charge < -0.3 is 20.7 Å². The van der Waals surface area contributed by atoms with Gasteiger partial charge in [0, 0.05) is 6.42 Å². The highest BCUT2D eigenvalue weighted by Crippen LogP contribution is 2.11. The van der Waals surface area contributed by atoms with Crippen LogP contribution in [0.15, 0.2) is 91.0 Å². The number of esters is 1. The van der Waals surface area contributed by atoms with Gasteiger partial charge in [-0.2, -0.15) is 0 Å². The first-order chi connectivity index (χ1) is 19.9. The fraction of sp³-hybridized carbons (Fsp3) is 0.333. The Kier molecular flexibility index (Phi) is 12.6. The highest BCUT2D eigenvalue weighted by molar-refractivity contribution is 5.92. The van der Waals surface area contributed by atoms with Crippen molar-refractivity contribution >= 4 is 24.2 Å². The molecule has 3 aromatic rings. The SMILES string of the molecule is CC(C)C[C@@H](NC(=O)[C@H](CCc1ccccc1)NC=O)C(=O)N[C@@H](Cc1ccccc1)C(=O)OCc1ccccc1. The van der Waals surface area contributed by atoms with Gasteiger partial charge in [-0.3, -0.25) is 14.4 Å². The molecule has 0 unspecified atom stereocenters.